The normalized spacial score (nSPS) is 13.1. The number of benzene rings is 1. The first-order valence-electron chi connectivity index (χ1n) is 5.33. The van der Waals surface area contributed by atoms with Crippen molar-refractivity contribution in [3.8, 4) is 0 Å². The Bertz CT molecular complexity index is 550. The van der Waals surface area contributed by atoms with E-state index in [-0.39, 0.29) is 26.8 Å². The predicted octanol–water partition coefficient (Wildman–Crippen LogP) is -1.02. The zero-order valence-electron chi connectivity index (χ0n) is 9.33. The molecule has 0 fully saturated rings. The quantitative estimate of drug-likeness (QED) is 0.579. The van der Waals surface area contributed by atoms with Gasteiger partial charge in [0.05, 0.1) is 0 Å². The minimum atomic E-state index is -0.132. The first kappa shape index (κ1) is 11.6. The van der Waals surface area contributed by atoms with Gasteiger partial charge >= 0.3 is 105 Å². The van der Waals surface area contributed by atoms with E-state index < -0.39 is 0 Å². The molecular formula is C12H14IN2O-. The summed E-state index contributed by atoms with van der Waals surface area (Å²) in [4.78, 5) is 11.6. The van der Waals surface area contributed by atoms with Gasteiger partial charge in [0, 0.05) is 0 Å². The van der Waals surface area contributed by atoms with Gasteiger partial charge in [-0.05, 0) is 0 Å². The molecule has 1 heterocycles. The van der Waals surface area contributed by atoms with E-state index in [0.29, 0.717) is 3.92 Å². The van der Waals surface area contributed by atoms with Crippen LogP contribution >= 0.6 is 0 Å². The van der Waals surface area contributed by atoms with Crippen molar-refractivity contribution in [2.45, 2.75) is 24.2 Å². The molecule has 0 aliphatic rings. The molecule has 0 saturated carbocycles. The van der Waals surface area contributed by atoms with Crippen LogP contribution in [0.5, 0.6) is 0 Å². The number of alkyl halides is 1. The number of halogens is 1. The zero-order chi connectivity index (χ0) is 11.5. The molecule has 0 bridgehead atoms. The third-order valence-electron chi connectivity index (χ3n) is 2.50. The van der Waals surface area contributed by atoms with Crippen molar-refractivity contribution in [1.29, 1.82) is 0 Å². The molecule has 1 unspecified atom stereocenters. The molecule has 2 aromatic rings. The molecule has 86 valence electrons. The van der Waals surface area contributed by atoms with Crippen LogP contribution in [0.3, 0.4) is 0 Å². The summed E-state index contributed by atoms with van der Waals surface area (Å²) in [5.74, 6) is 0. The molecule has 0 amide bonds. The number of hydrogen-bond acceptors (Lipinski definition) is 2. The monoisotopic (exact) mass is 329 g/mol. The van der Waals surface area contributed by atoms with Crippen molar-refractivity contribution < 1.29 is 21.2 Å². The summed E-state index contributed by atoms with van der Waals surface area (Å²) in [7, 11) is 0. The van der Waals surface area contributed by atoms with Gasteiger partial charge < -0.3 is 0 Å². The van der Waals surface area contributed by atoms with Crippen LogP contribution in [0, 0.1) is 3.70 Å². The molecule has 2 rings (SSSR count). The summed E-state index contributed by atoms with van der Waals surface area (Å²) in [6, 6.07) is 7.71. The average molecular weight is 329 g/mol. The van der Waals surface area contributed by atoms with Crippen LogP contribution in [0.2, 0.25) is 0 Å². The molecule has 4 heteroatoms. The number of aromatic nitrogens is 2. The van der Waals surface area contributed by atoms with Gasteiger partial charge in [-0.15, -0.1) is 0 Å². The van der Waals surface area contributed by atoms with Crippen LogP contribution in [0.4, 0.5) is 0 Å². The summed E-state index contributed by atoms with van der Waals surface area (Å²) in [6.45, 7) is 4.44. The Morgan fingerprint density at radius 1 is 1.38 bits per heavy atom. The van der Waals surface area contributed by atoms with E-state index in [0.717, 1.165) is 14.5 Å². The van der Waals surface area contributed by atoms with Crippen LogP contribution in [0.15, 0.2) is 29.1 Å². The molecule has 0 radical (unpaired) electrons. The number of fused-ring (bicyclic) bond motifs is 1. The van der Waals surface area contributed by atoms with E-state index >= 15 is 0 Å². The molecule has 1 N–H and O–H groups in total. The van der Waals surface area contributed by atoms with Gasteiger partial charge in [-0.2, -0.15) is 0 Å². The average Bonchev–Trinajstić information content (AvgIpc) is 2.33. The van der Waals surface area contributed by atoms with Gasteiger partial charge in [0.2, 0.25) is 0 Å². The Morgan fingerprint density at radius 2 is 2.06 bits per heavy atom. The zero-order valence-corrected chi connectivity index (χ0v) is 11.5. The number of nitrogens with zero attached hydrogens (tertiary/aromatic N) is 1. The van der Waals surface area contributed by atoms with E-state index in [1.54, 1.807) is 0 Å². The number of nitrogens with one attached hydrogen (secondary N) is 1. The molecule has 16 heavy (non-hydrogen) atoms. The molecule has 3 nitrogen and oxygen atoms in total. The van der Waals surface area contributed by atoms with Gasteiger partial charge in [0.25, 0.3) is 0 Å². The second-order valence-electron chi connectivity index (χ2n) is 3.69. The van der Waals surface area contributed by atoms with Crippen molar-refractivity contribution in [3.63, 3.8) is 0 Å². The maximum absolute atomic E-state index is 11.6. The van der Waals surface area contributed by atoms with E-state index in [2.05, 4.69) is 24.0 Å². The second kappa shape index (κ2) is 4.95. The molecule has 1 aromatic heterocycles. The molecule has 0 aliphatic heterocycles. The summed E-state index contributed by atoms with van der Waals surface area (Å²) in [5.41, 5.74) is -0.0903. The summed E-state index contributed by atoms with van der Waals surface area (Å²) < 4.78 is 1.80. The van der Waals surface area contributed by atoms with Crippen molar-refractivity contribution in [1.82, 2.24) is 10.2 Å². The minimum absolute atomic E-state index is 0.0903. The number of rotatable bonds is 3. The van der Waals surface area contributed by atoms with Gasteiger partial charge in [0.1, 0.15) is 0 Å². The van der Waals surface area contributed by atoms with Crippen molar-refractivity contribution in [2.75, 3.05) is 0 Å². The van der Waals surface area contributed by atoms with Crippen LogP contribution < -0.4 is 26.8 Å². The first-order valence-corrected chi connectivity index (χ1v) is 7.65. The fourth-order valence-corrected chi connectivity index (χ4v) is 3.93. The Morgan fingerprint density at radius 3 is 2.75 bits per heavy atom. The summed E-state index contributed by atoms with van der Waals surface area (Å²) in [6.07, 6.45) is 1.17. The second-order valence-corrected chi connectivity index (χ2v) is 7.46. The molecular weight excluding hydrogens is 315 g/mol. The van der Waals surface area contributed by atoms with Gasteiger partial charge in [-0.3, -0.25) is 0 Å². The summed E-state index contributed by atoms with van der Waals surface area (Å²) in [5, 5.41) is 8.59. The van der Waals surface area contributed by atoms with Crippen LogP contribution in [-0.2, 0) is 0 Å². The van der Waals surface area contributed by atoms with Crippen molar-refractivity contribution in [3.05, 3.63) is 38.3 Å². The molecule has 0 spiro atoms. The fraction of sp³-hybridized carbons (Fsp3) is 0.333. The maximum atomic E-state index is 11.6. The Kier molecular flexibility index (Phi) is 3.58. The van der Waals surface area contributed by atoms with E-state index in [4.69, 9.17) is 0 Å². The Labute approximate surface area is 105 Å². The standard InChI is InChI=1S/C12H14IN2O/c1-3-8(2)13-11-9-6-4-5-7-10(9)12(16)15-14-11/h4-8H,3H2,1-2H3,(H,15,16)/q-1. The molecule has 0 saturated heterocycles. The Balaban J connectivity index is 2.54. The van der Waals surface area contributed by atoms with Crippen LogP contribution in [0.1, 0.15) is 20.3 Å². The predicted molar refractivity (Wildman–Crippen MR) is 60.8 cm³/mol. The number of aromatic amines is 1. The third kappa shape index (κ3) is 2.26. The Hall–Kier alpha value is -0.910. The fourth-order valence-electron chi connectivity index (χ4n) is 1.42. The van der Waals surface area contributed by atoms with E-state index in [1.807, 2.05) is 24.3 Å². The van der Waals surface area contributed by atoms with Gasteiger partial charge in [-0.1, -0.05) is 0 Å². The topological polar surface area (TPSA) is 45.8 Å². The van der Waals surface area contributed by atoms with Crippen molar-refractivity contribution >= 4 is 10.8 Å². The third-order valence-corrected chi connectivity index (χ3v) is 5.86. The first-order chi connectivity index (χ1) is 7.72. The molecule has 0 aliphatic carbocycles. The van der Waals surface area contributed by atoms with E-state index in [9.17, 15) is 4.79 Å². The number of H-pyrrole nitrogens is 1. The van der Waals surface area contributed by atoms with Gasteiger partial charge in [0.15, 0.2) is 0 Å². The number of hydrogen-bond donors (Lipinski definition) is 1. The van der Waals surface area contributed by atoms with Gasteiger partial charge in [-0.25, -0.2) is 0 Å². The van der Waals surface area contributed by atoms with Crippen LogP contribution in [0.25, 0.3) is 10.8 Å². The van der Waals surface area contributed by atoms with Crippen LogP contribution in [-0.4, -0.2) is 14.1 Å². The molecule has 1 atom stereocenters. The summed E-state index contributed by atoms with van der Waals surface area (Å²) >= 11 is -0.132. The van der Waals surface area contributed by atoms with Crippen molar-refractivity contribution in [2.24, 2.45) is 0 Å². The SMILES string of the molecule is CCC(C)[I-]c1n[nH]c(=O)c2ccccc12. The molecule has 1 aromatic carbocycles. The van der Waals surface area contributed by atoms with E-state index in [1.165, 1.54) is 6.42 Å².